The third-order valence-electron chi connectivity index (χ3n) is 12.0. The third-order valence-corrected chi connectivity index (χ3v) is 12.0. The second-order valence-electron chi connectivity index (χ2n) is 15.5. The van der Waals surface area contributed by atoms with E-state index >= 15 is 4.79 Å². The van der Waals surface area contributed by atoms with E-state index in [1.54, 1.807) is 29.0 Å². The molecule has 1 saturated heterocycles. The SMILES string of the molecule is Cc1c(C(=O)N(C)c2ccccc2)cc(-c2cc3c(cc2C(=O)N2Cc4ccccc4C[C@H]2CCCN2CCOCC2)CN(C(=O)Oc2ccccc2)CC3)n1C. The van der Waals surface area contributed by atoms with Gasteiger partial charge in [-0.1, -0.05) is 60.7 Å². The van der Waals surface area contributed by atoms with Crippen molar-refractivity contribution in [3.8, 4) is 17.0 Å². The van der Waals surface area contributed by atoms with Crippen LogP contribution in [0.3, 0.4) is 0 Å². The van der Waals surface area contributed by atoms with Gasteiger partial charge in [0.2, 0.25) is 0 Å². The Labute approximate surface area is 335 Å². The van der Waals surface area contributed by atoms with Gasteiger partial charge >= 0.3 is 6.09 Å². The first-order chi connectivity index (χ1) is 27.7. The van der Waals surface area contributed by atoms with Crippen LogP contribution in [0.4, 0.5) is 10.5 Å². The van der Waals surface area contributed by atoms with Crippen LogP contribution in [0, 0.1) is 6.92 Å². The van der Waals surface area contributed by atoms with Gasteiger partial charge in [0, 0.05) is 81.1 Å². The molecule has 5 aromatic rings. The highest BCUT2D eigenvalue weighted by Gasteiger charge is 2.34. The summed E-state index contributed by atoms with van der Waals surface area (Å²) in [6, 6.07) is 33.3. The summed E-state index contributed by atoms with van der Waals surface area (Å²) in [6.07, 6.45) is 2.83. The van der Waals surface area contributed by atoms with Crippen LogP contribution >= 0.6 is 0 Å². The van der Waals surface area contributed by atoms with Crippen LogP contribution in [-0.4, -0.2) is 89.7 Å². The van der Waals surface area contributed by atoms with Gasteiger partial charge in [-0.2, -0.15) is 0 Å². The molecule has 0 spiro atoms. The lowest BCUT2D eigenvalue weighted by molar-refractivity contribution is 0.0353. The minimum absolute atomic E-state index is 0.0153. The van der Waals surface area contributed by atoms with E-state index in [1.165, 1.54) is 5.56 Å². The first-order valence-corrected chi connectivity index (χ1v) is 20.1. The number of rotatable bonds is 9. The number of benzene rings is 4. The first kappa shape index (κ1) is 38.2. The summed E-state index contributed by atoms with van der Waals surface area (Å²) >= 11 is 0. The molecule has 1 fully saturated rings. The van der Waals surface area contributed by atoms with E-state index in [0.717, 1.165) is 91.4 Å². The number of amides is 3. The van der Waals surface area contributed by atoms with Crippen LogP contribution in [0.5, 0.6) is 5.75 Å². The fourth-order valence-corrected chi connectivity index (χ4v) is 8.54. The number of aromatic nitrogens is 1. The fourth-order valence-electron chi connectivity index (χ4n) is 8.54. The molecule has 1 atom stereocenters. The number of para-hydroxylation sites is 2. The Morgan fingerprint density at radius 1 is 0.789 bits per heavy atom. The number of ether oxygens (including phenoxy) is 2. The maximum Gasteiger partial charge on any atom is 0.415 e. The molecule has 4 heterocycles. The monoisotopic (exact) mass is 765 g/mol. The van der Waals surface area contributed by atoms with Crippen molar-refractivity contribution >= 4 is 23.6 Å². The van der Waals surface area contributed by atoms with E-state index in [9.17, 15) is 9.59 Å². The lowest BCUT2D eigenvalue weighted by Crippen LogP contribution is -2.45. The molecular weight excluding hydrogens is 715 g/mol. The van der Waals surface area contributed by atoms with Crippen molar-refractivity contribution in [2.45, 2.75) is 51.7 Å². The molecule has 0 aliphatic carbocycles. The second-order valence-corrected chi connectivity index (χ2v) is 15.5. The van der Waals surface area contributed by atoms with Crippen LogP contribution in [0.15, 0.2) is 103 Å². The third kappa shape index (κ3) is 8.10. The van der Waals surface area contributed by atoms with Crippen molar-refractivity contribution in [1.82, 2.24) is 19.3 Å². The summed E-state index contributed by atoms with van der Waals surface area (Å²) in [4.78, 5) is 50.7. The van der Waals surface area contributed by atoms with Crippen molar-refractivity contribution < 1.29 is 23.9 Å². The van der Waals surface area contributed by atoms with Crippen molar-refractivity contribution in [1.29, 1.82) is 0 Å². The molecule has 1 aromatic heterocycles. The van der Waals surface area contributed by atoms with Gasteiger partial charge in [-0.15, -0.1) is 0 Å². The van der Waals surface area contributed by atoms with Crippen molar-refractivity contribution in [2.75, 3.05) is 51.3 Å². The summed E-state index contributed by atoms with van der Waals surface area (Å²) in [5.74, 6) is 0.328. The first-order valence-electron chi connectivity index (χ1n) is 20.1. The predicted octanol–water partition coefficient (Wildman–Crippen LogP) is 7.51. The molecule has 0 radical (unpaired) electrons. The zero-order valence-corrected chi connectivity index (χ0v) is 33.2. The highest BCUT2D eigenvalue weighted by molar-refractivity contribution is 6.08. The number of hydrogen-bond donors (Lipinski definition) is 0. The van der Waals surface area contributed by atoms with Gasteiger partial charge in [0.1, 0.15) is 5.75 Å². The predicted molar refractivity (Wildman–Crippen MR) is 222 cm³/mol. The van der Waals surface area contributed by atoms with Gasteiger partial charge in [-0.05, 0) is 104 Å². The molecule has 10 heteroatoms. The molecule has 3 aliphatic heterocycles. The zero-order valence-electron chi connectivity index (χ0n) is 33.2. The van der Waals surface area contributed by atoms with Crippen molar-refractivity contribution in [3.05, 3.63) is 142 Å². The van der Waals surface area contributed by atoms with Gasteiger partial charge in [-0.3, -0.25) is 14.5 Å². The van der Waals surface area contributed by atoms with Crippen LogP contribution in [0.25, 0.3) is 11.3 Å². The molecule has 294 valence electrons. The summed E-state index contributed by atoms with van der Waals surface area (Å²) < 4.78 is 13.3. The standard InChI is InChI=1S/C47H51N5O5/c1-33-41(45(53)49(3)38-15-6-4-7-16-38)30-44(48(33)2)42-28-35-20-22-51(47(55)57-40-18-8-5-9-19-40)31-37(35)29-43(42)46(54)52-32-36-14-11-10-13-34(36)27-39(52)17-12-21-50-23-25-56-26-24-50/h4-11,13-16,18-19,28-30,39H,12,17,20-27,31-32H2,1-3H3/t39-/m1/s1. The van der Waals surface area contributed by atoms with E-state index in [4.69, 9.17) is 9.47 Å². The van der Waals surface area contributed by atoms with Crippen LogP contribution in [0.2, 0.25) is 0 Å². The quantitative estimate of drug-likeness (QED) is 0.155. The zero-order chi connectivity index (χ0) is 39.5. The van der Waals surface area contributed by atoms with E-state index in [-0.39, 0.29) is 17.9 Å². The highest BCUT2D eigenvalue weighted by atomic mass is 16.6. The van der Waals surface area contributed by atoms with E-state index in [2.05, 4.69) is 34.1 Å². The Morgan fingerprint density at radius 2 is 1.49 bits per heavy atom. The van der Waals surface area contributed by atoms with Gasteiger partial charge in [0.05, 0.1) is 18.8 Å². The number of anilines is 1. The fraction of sp³-hybridized carbons (Fsp3) is 0.340. The number of carbonyl (C=O) groups excluding carboxylic acids is 3. The van der Waals surface area contributed by atoms with E-state index in [0.29, 0.717) is 42.9 Å². The lowest BCUT2D eigenvalue weighted by atomic mass is 9.88. The Bertz CT molecular complexity index is 2250. The van der Waals surface area contributed by atoms with Crippen molar-refractivity contribution in [2.24, 2.45) is 7.05 Å². The number of carbonyl (C=O) groups is 3. The van der Waals surface area contributed by atoms with Crippen LogP contribution in [-0.2, 0) is 37.7 Å². The summed E-state index contributed by atoms with van der Waals surface area (Å²) in [5.41, 5.74) is 8.81. The van der Waals surface area contributed by atoms with Crippen molar-refractivity contribution in [3.63, 3.8) is 0 Å². The maximum atomic E-state index is 15.4. The molecular formula is C47H51N5O5. The Morgan fingerprint density at radius 3 is 2.25 bits per heavy atom. The van der Waals surface area contributed by atoms with E-state index in [1.807, 2.05) is 85.3 Å². The summed E-state index contributed by atoms with van der Waals surface area (Å²) in [5, 5.41) is 0. The summed E-state index contributed by atoms with van der Waals surface area (Å²) in [6.45, 7) is 7.65. The molecule has 0 bridgehead atoms. The number of hydrogen-bond acceptors (Lipinski definition) is 6. The minimum Gasteiger partial charge on any atom is -0.410 e. The molecule has 0 unspecified atom stereocenters. The highest BCUT2D eigenvalue weighted by Crippen LogP contribution is 2.36. The van der Waals surface area contributed by atoms with Crippen LogP contribution < -0.4 is 9.64 Å². The lowest BCUT2D eigenvalue weighted by Gasteiger charge is -2.38. The van der Waals surface area contributed by atoms with Gasteiger partial charge < -0.3 is 28.7 Å². The molecule has 57 heavy (non-hydrogen) atoms. The van der Waals surface area contributed by atoms with Crippen LogP contribution in [0.1, 0.15) is 61.5 Å². The second kappa shape index (κ2) is 16.8. The molecule has 8 rings (SSSR count). The average molecular weight is 766 g/mol. The topological polar surface area (TPSA) is 87.6 Å². The molecule has 3 aliphatic rings. The number of nitrogens with zero attached hydrogens (tertiary/aromatic N) is 5. The Balaban J connectivity index is 1.16. The van der Waals surface area contributed by atoms with Gasteiger partial charge in [-0.25, -0.2) is 4.79 Å². The molecule has 3 amide bonds. The largest absolute Gasteiger partial charge is 0.415 e. The average Bonchev–Trinajstić information content (AvgIpc) is 3.55. The van der Waals surface area contributed by atoms with Gasteiger partial charge in [0.25, 0.3) is 11.8 Å². The normalized spacial score (nSPS) is 16.8. The molecule has 10 nitrogen and oxygen atoms in total. The number of fused-ring (bicyclic) bond motifs is 2. The molecule has 4 aromatic carbocycles. The Hall–Kier alpha value is -5.71. The number of morpholine rings is 1. The molecule has 0 N–H and O–H groups in total. The summed E-state index contributed by atoms with van der Waals surface area (Å²) in [7, 11) is 3.75. The van der Waals surface area contributed by atoms with E-state index < -0.39 is 6.09 Å². The van der Waals surface area contributed by atoms with Gasteiger partial charge in [0.15, 0.2) is 0 Å². The smallest absolute Gasteiger partial charge is 0.410 e. The molecule has 0 saturated carbocycles. The Kier molecular flexibility index (Phi) is 11.2. The maximum absolute atomic E-state index is 15.4. The minimum atomic E-state index is -0.416.